The standard InChI is InChI=1S/C20H24N4O5S/c1-13-22-12-15(20(25)21-2)19(23-13)16-5-3-4-8-24(16)30(26,27)14-6-7-17-18(11-14)29-10-9-28-17/h6-7,11-12,16H,3-5,8-10H2,1-2H3,(H,21,25). The van der Waals surface area contributed by atoms with Gasteiger partial charge in [-0.15, -0.1) is 0 Å². The number of nitrogens with zero attached hydrogens (tertiary/aromatic N) is 3. The van der Waals surface area contributed by atoms with Crippen molar-refractivity contribution in [3.05, 3.63) is 41.5 Å². The maximum Gasteiger partial charge on any atom is 0.254 e. The largest absolute Gasteiger partial charge is 0.486 e. The van der Waals surface area contributed by atoms with Crippen LogP contribution < -0.4 is 14.8 Å². The van der Waals surface area contributed by atoms with Crippen LogP contribution in [0.2, 0.25) is 0 Å². The topological polar surface area (TPSA) is 111 Å². The van der Waals surface area contributed by atoms with Crippen molar-refractivity contribution in [2.75, 3.05) is 26.8 Å². The van der Waals surface area contributed by atoms with Crippen molar-refractivity contribution < 1.29 is 22.7 Å². The molecule has 0 saturated carbocycles. The average molecular weight is 433 g/mol. The molecule has 9 nitrogen and oxygen atoms in total. The second-order valence-electron chi connectivity index (χ2n) is 7.23. The van der Waals surface area contributed by atoms with Gasteiger partial charge in [-0.25, -0.2) is 18.4 Å². The maximum absolute atomic E-state index is 13.6. The Labute approximate surface area is 175 Å². The van der Waals surface area contributed by atoms with Crippen molar-refractivity contribution in [1.82, 2.24) is 19.6 Å². The third-order valence-corrected chi connectivity index (χ3v) is 7.20. The van der Waals surface area contributed by atoms with Crippen molar-refractivity contribution in [1.29, 1.82) is 0 Å². The van der Waals surface area contributed by atoms with E-state index < -0.39 is 16.1 Å². The van der Waals surface area contributed by atoms with Crippen molar-refractivity contribution in [3.8, 4) is 11.5 Å². The van der Waals surface area contributed by atoms with Crippen LogP contribution in [0.15, 0.2) is 29.3 Å². The molecule has 2 aliphatic rings. The normalized spacial score (nSPS) is 19.3. The van der Waals surface area contributed by atoms with E-state index in [1.807, 2.05) is 0 Å². The van der Waals surface area contributed by atoms with Gasteiger partial charge in [0.25, 0.3) is 5.91 Å². The van der Waals surface area contributed by atoms with Gasteiger partial charge in [0.05, 0.1) is 22.2 Å². The Bertz CT molecular complexity index is 1070. The van der Waals surface area contributed by atoms with Crippen LogP contribution in [0.4, 0.5) is 0 Å². The Balaban J connectivity index is 1.76. The molecule has 1 amide bonds. The molecule has 2 aliphatic heterocycles. The number of rotatable bonds is 4. The van der Waals surface area contributed by atoms with E-state index in [0.717, 1.165) is 12.8 Å². The number of carbonyl (C=O) groups is 1. The van der Waals surface area contributed by atoms with E-state index in [1.54, 1.807) is 13.0 Å². The summed E-state index contributed by atoms with van der Waals surface area (Å²) in [6.45, 7) is 2.87. The lowest BCUT2D eigenvalue weighted by Crippen LogP contribution is -2.40. The number of fused-ring (bicyclic) bond motifs is 1. The van der Waals surface area contributed by atoms with Gasteiger partial charge in [0.2, 0.25) is 10.0 Å². The summed E-state index contributed by atoms with van der Waals surface area (Å²) in [6, 6.07) is 4.09. The average Bonchev–Trinajstić information content (AvgIpc) is 2.78. The number of aryl methyl sites for hydroxylation is 1. The minimum absolute atomic E-state index is 0.130. The molecule has 0 aliphatic carbocycles. The number of amides is 1. The smallest absolute Gasteiger partial charge is 0.254 e. The summed E-state index contributed by atoms with van der Waals surface area (Å²) in [4.78, 5) is 21.1. The Morgan fingerprint density at radius 1 is 1.20 bits per heavy atom. The van der Waals surface area contributed by atoms with E-state index >= 15 is 0 Å². The van der Waals surface area contributed by atoms with Crippen molar-refractivity contribution in [2.45, 2.75) is 37.1 Å². The Hall–Kier alpha value is -2.72. The molecule has 0 radical (unpaired) electrons. The quantitative estimate of drug-likeness (QED) is 0.785. The lowest BCUT2D eigenvalue weighted by atomic mass is 9.98. The number of benzene rings is 1. The molecule has 4 rings (SSSR count). The number of nitrogens with one attached hydrogen (secondary N) is 1. The number of aromatic nitrogens is 2. The summed E-state index contributed by atoms with van der Waals surface area (Å²) >= 11 is 0. The highest BCUT2D eigenvalue weighted by molar-refractivity contribution is 7.89. The van der Waals surface area contributed by atoms with Crippen LogP contribution in [-0.4, -0.2) is 55.4 Å². The molecule has 160 valence electrons. The van der Waals surface area contributed by atoms with E-state index in [2.05, 4.69) is 15.3 Å². The molecular weight excluding hydrogens is 408 g/mol. The number of carbonyl (C=O) groups excluding carboxylic acids is 1. The van der Waals surface area contributed by atoms with Crippen LogP contribution in [-0.2, 0) is 10.0 Å². The van der Waals surface area contributed by atoms with E-state index in [9.17, 15) is 13.2 Å². The fraction of sp³-hybridized carbons (Fsp3) is 0.450. The molecule has 30 heavy (non-hydrogen) atoms. The van der Waals surface area contributed by atoms with Crippen molar-refractivity contribution in [3.63, 3.8) is 0 Å². The summed E-state index contributed by atoms with van der Waals surface area (Å²) in [5.41, 5.74) is 0.722. The Kier molecular flexibility index (Phi) is 5.61. The van der Waals surface area contributed by atoms with Crippen molar-refractivity contribution in [2.24, 2.45) is 0 Å². The lowest BCUT2D eigenvalue weighted by Gasteiger charge is -2.35. The number of hydrogen-bond acceptors (Lipinski definition) is 7. The SMILES string of the molecule is CNC(=O)c1cnc(C)nc1C1CCCCN1S(=O)(=O)c1ccc2c(c1)OCCO2. The van der Waals surface area contributed by atoms with Gasteiger partial charge in [-0.1, -0.05) is 6.42 Å². The van der Waals surface area contributed by atoms with Gasteiger partial charge in [-0.2, -0.15) is 4.31 Å². The van der Waals surface area contributed by atoms with E-state index in [4.69, 9.17) is 9.47 Å². The molecule has 10 heteroatoms. The molecule has 1 unspecified atom stereocenters. The Morgan fingerprint density at radius 3 is 2.73 bits per heavy atom. The molecule has 1 fully saturated rings. The molecule has 1 atom stereocenters. The van der Waals surface area contributed by atoms with E-state index in [1.165, 1.54) is 29.7 Å². The first-order valence-electron chi connectivity index (χ1n) is 9.89. The van der Waals surface area contributed by atoms with Gasteiger partial charge in [0, 0.05) is 25.9 Å². The number of piperidine rings is 1. The molecule has 0 spiro atoms. The first-order valence-corrected chi connectivity index (χ1v) is 11.3. The van der Waals surface area contributed by atoms with Gasteiger partial charge in [0.1, 0.15) is 19.0 Å². The first kappa shape index (κ1) is 20.5. The van der Waals surface area contributed by atoms with Crippen LogP contribution in [0.25, 0.3) is 0 Å². The second kappa shape index (κ2) is 8.19. The van der Waals surface area contributed by atoms with Gasteiger partial charge in [-0.3, -0.25) is 4.79 Å². The summed E-state index contributed by atoms with van der Waals surface area (Å²) in [5.74, 6) is 1.09. The molecule has 1 aromatic carbocycles. The fourth-order valence-electron chi connectivity index (χ4n) is 3.84. The van der Waals surface area contributed by atoms with Crippen molar-refractivity contribution >= 4 is 15.9 Å². The van der Waals surface area contributed by atoms with Crippen LogP contribution >= 0.6 is 0 Å². The zero-order chi connectivity index (χ0) is 21.3. The third kappa shape index (κ3) is 3.72. The van der Waals surface area contributed by atoms with Crippen LogP contribution in [0, 0.1) is 6.92 Å². The first-order chi connectivity index (χ1) is 14.4. The van der Waals surface area contributed by atoms with Gasteiger partial charge < -0.3 is 14.8 Å². The molecule has 1 saturated heterocycles. The minimum atomic E-state index is -3.85. The highest BCUT2D eigenvalue weighted by atomic mass is 32.2. The zero-order valence-electron chi connectivity index (χ0n) is 16.9. The highest BCUT2D eigenvalue weighted by Crippen LogP contribution is 2.38. The molecule has 1 aromatic heterocycles. The molecular formula is C20H24N4O5S. The molecule has 1 N–H and O–H groups in total. The molecule has 0 bridgehead atoms. The fourth-order valence-corrected chi connectivity index (χ4v) is 5.51. The Morgan fingerprint density at radius 2 is 1.97 bits per heavy atom. The van der Waals surface area contributed by atoms with E-state index in [-0.39, 0.29) is 16.4 Å². The van der Waals surface area contributed by atoms with Crippen LogP contribution in [0.3, 0.4) is 0 Å². The maximum atomic E-state index is 13.6. The monoisotopic (exact) mass is 432 g/mol. The van der Waals surface area contributed by atoms with Crippen LogP contribution in [0.5, 0.6) is 11.5 Å². The predicted molar refractivity (Wildman–Crippen MR) is 108 cm³/mol. The number of ether oxygens (including phenoxy) is 2. The summed E-state index contributed by atoms with van der Waals surface area (Å²) in [5, 5.41) is 2.58. The van der Waals surface area contributed by atoms with Crippen LogP contribution in [0.1, 0.15) is 47.2 Å². The lowest BCUT2D eigenvalue weighted by molar-refractivity contribution is 0.0958. The second-order valence-corrected chi connectivity index (χ2v) is 9.12. The minimum Gasteiger partial charge on any atom is -0.486 e. The molecule has 2 aromatic rings. The summed E-state index contributed by atoms with van der Waals surface area (Å²) in [6.07, 6.45) is 3.61. The highest BCUT2D eigenvalue weighted by Gasteiger charge is 2.37. The van der Waals surface area contributed by atoms with Gasteiger partial charge in [0.15, 0.2) is 11.5 Å². The van der Waals surface area contributed by atoms with E-state index in [0.29, 0.717) is 49.2 Å². The predicted octanol–water partition coefficient (Wildman–Crippen LogP) is 1.83. The third-order valence-electron chi connectivity index (χ3n) is 5.30. The number of hydrogen-bond donors (Lipinski definition) is 1. The summed E-state index contributed by atoms with van der Waals surface area (Å²) < 4.78 is 39.7. The van der Waals surface area contributed by atoms with Gasteiger partial charge in [-0.05, 0) is 31.9 Å². The van der Waals surface area contributed by atoms with Gasteiger partial charge >= 0.3 is 0 Å². The zero-order valence-corrected chi connectivity index (χ0v) is 17.7. The molecule has 3 heterocycles. The number of sulfonamides is 1. The summed E-state index contributed by atoms with van der Waals surface area (Å²) in [7, 11) is -2.32.